The van der Waals surface area contributed by atoms with Crippen molar-refractivity contribution < 1.29 is 16.8 Å². The van der Waals surface area contributed by atoms with Gasteiger partial charge in [-0.1, -0.05) is 81.7 Å². The van der Waals surface area contributed by atoms with Crippen LogP contribution in [0.2, 0.25) is 15.1 Å². The highest BCUT2D eigenvalue weighted by molar-refractivity contribution is 7.82. The topological polar surface area (TPSA) is 52.6 Å². The van der Waals surface area contributed by atoms with E-state index in [-0.39, 0.29) is 15.8 Å². The number of alkyl halides is 3. The second-order valence-electron chi connectivity index (χ2n) is 4.64. The lowest BCUT2D eigenvalue weighted by Gasteiger charge is -2.14. The first-order valence-corrected chi connectivity index (χ1v) is 9.97. The molecule has 0 saturated carbocycles. The third kappa shape index (κ3) is 6.52. The first-order chi connectivity index (χ1) is 11.5. The van der Waals surface area contributed by atoms with Crippen LogP contribution in [-0.4, -0.2) is 18.8 Å². The molecular weight excluding hydrogens is 477 g/mol. The molecule has 2 rings (SSSR count). The molecule has 0 aromatic heterocycles. The summed E-state index contributed by atoms with van der Waals surface area (Å²) in [5, 5.41) is 0.482. The van der Waals surface area contributed by atoms with Gasteiger partial charge >= 0.3 is 10.4 Å². The van der Waals surface area contributed by atoms with Crippen LogP contribution in [-0.2, 0) is 14.6 Å². The van der Waals surface area contributed by atoms with Crippen LogP contribution in [0.5, 0.6) is 5.75 Å². The summed E-state index contributed by atoms with van der Waals surface area (Å²) in [5.74, 6) is -0.301. The summed E-state index contributed by atoms with van der Waals surface area (Å²) in [4.78, 5) is 0. The molecule has 0 spiro atoms. The monoisotopic (exact) mass is 482 g/mol. The third-order valence-electron chi connectivity index (χ3n) is 2.73. The lowest BCUT2D eigenvalue weighted by Crippen LogP contribution is -2.21. The molecule has 0 radical (unpaired) electrons. The maximum Gasteiger partial charge on any atom is 0.449 e. The summed E-state index contributed by atoms with van der Waals surface area (Å²) >= 11 is 34.3. The predicted octanol–water partition coefficient (Wildman–Crippen LogP) is 6.32. The Morgan fingerprint density at radius 3 is 1.88 bits per heavy atom. The van der Waals surface area contributed by atoms with Gasteiger partial charge in [-0.15, -0.1) is 0 Å². The maximum atomic E-state index is 11.8. The number of hydrogen-bond donors (Lipinski definition) is 0. The minimum atomic E-state index is -4.54. The molecular formula is C14H8Cl6O4S. The zero-order valence-corrected chi connectivity index (χ0v) is 17.3. The Labute approximate surface area is 174 Å². The van der Waals surface area contributed by atoms with E-state index in [0.717, 1.165) is 5.56 Å². The van der Waals surface area contributed by atoms with Crippen LogP contribution in [0, 0.1) is 0 Å². The van der Waals surface area contributed by atoms with Crippen LogP contribution in [0.25, 0.3) is 11.1 Å². The van der Waals surface area contributed by atoms with Crippen molar-refractivity contribution in [1.29, 1.82) is 0 Å². The summed E-state index contributed by atoms with van der Waals surface area (Å²) < 4.78 is 30.9. The van der Waals surface area contributed by atoms with Crippen LogP contribution in [0.3, 0.4) is 0 Å². The van der Waals surface area contributed by atoms with Gasteiger partial charge in [0.15, 0.2) is 5.75 Å². The van der Waals surface area contributed by atoms with Crippen molar-refractivity contribution in [2.45, 2.75) is 3.79 Å². The van der Waals surface area contributed by atoms with Gasteiger partial charge in [0, 0.05) is 5.02 Å². The predicted molar refractivity (Wildman–Crippen MR) is 103 cm³/mol. The maximum absolute atomic E-state index is 11.8. The molecule has 0 bridgehead atoms. The quantitative estimate of drug-likeness (QED) is 0.466. The highest BCUT2D eigenvalue weighted by Crippen LogP contribution is 2.39. The Bertz CT molecular complexity index is 839. The van der Waals surface area contributed by atoms with Gasteiger partial charge in [0.05, 0.1) is 10.0 Å². The van der Waals surface area contributed by atoms with E-state index in [9.17, 15) is 8.42 Å². The lowest BCUT2D eigenvalue weighted by atomic mass is 10.1. The number of benzene rings is 2. The smallest absolute Gasteiger partial charge is 0.358 e. The summed E-state index contributed by atoms with van der Waals surface area (Å²) in [5.41, 5.74) is 1.41. The molecule has 2 aromatic carbocycles. The highest BCUT2D eigenvalue weighted by atomic mass is 35.6. The van der Waals surface area contributed by atoms with E-state index in [1.807, 2.05) is 0 Å². The fourth-order valence-corrected chi connectivity index (χ4v) is 3.61. The van der Waals surface area contributed by atoms with Crippen molar-refractivity contribution in [3.63, 3.8) is 0 Å². The van der Waals surface area contributed by atoms with E-state index in [1.54, 1.807) is 24.3 Å². The Morgan fingerprint density at radius 1 is 0.880 bits per heavy atom. The van der Waals surface area contributed by atoms with E-state index in [2.05, 4.69) is 4.18 Å². The first kappa shape index (κ1) is 21.2. The van der Waals surface area contributed by atoms with Gasteiger partial charge in [0.1, 0.15) is 6.61 Å². The fourth-order valence-electron chi connectivity index (χ4n) is 1.71. The van der Waals surface area contributed by atoms with Crippen molar-refractivity contribution in [1.82, 2.24) is 0 Å². The van der Waals surface area contributed by atoms with Gasteiger partial charge in [0.2, 0.25) is 3.79 Å². The molecule has 4 nitrogen and oxygen atoms in total. The largest absolute Gasteiger partial charge is 0.449 e. The van der Waals surface area contributed by atoms with Crippen LogP contribution < -0.4 is 4.18 Å². The van der Waals surface area contributed by atoms with E-state index < -0.39 is 20.8 Å². The molecule has 11 heteroatoms. The molecule has 0 atom stereocenters. The number of rotatable bonds is 5. The second kappa shape index (κ2) is 8.28. The Balaban J connectivity index is 2.27. The summed E-state index contributed by atoms with van der Waals surface area (Å²) in [6, 6.07) is 9.86. The van der Waals surface area contributed by atoms with Gasteiger partial charge in [-0.05, 0) is 35.4 Å². The van der Waals surface area contributed by atoms with Crippen LogP contribution >= 0.6 is 69.6 Å². The molecule has 0 aliphatic heterocycles. The zero-order chi connectivity index (χ0) is 18.8. The van der Waals surface area contributed by atoms with Crippen LogP contribution in [0.15, 0.2) is 36.4 Å². The van der Waals surface area contributed by atoms with Crippen molar-refractivity contribution >= 4 is 80.0 Å². The zero-order valence-electron chi connectivity index (χ0n) is 12.0. The third-order valence-corrected chi connectivity index (χ3v) is 4.65. The van der Waals surface area contributed by atoms with Gasteiger partial charge in [-0.25, -0.2) is 4.18 Å². The van der Waals surface area contributed by atoms with E-state index >= 15 is 0 Å². The van der Waals surface area contributed by atoms with Crippen LogP contribution in [0.1, 0.15) is 0 Å². The normalized spacial score (nSPS) is 12.2. The van der Waals surface area contributed by atoms with E-state index in [1.165, 1.54) is 12.1 Å². The summed E-state index contributed by atoms with van der Waals surface area (Å²) in [7, 11) is -4.54. The van der Waals surface area contributed by atoms with Crippen LogP contribution in [0.4, 0.5) is 0 Å². The average Bonchev–Trinajstić information content (AvgIpc) is 2.49. The first-order valence-electron chi connectivity index (χ1n) is 6.37. The van der Waals surface area contributed by atoms with Gasteiger partial charge < -0.3 is 4.18 Å². The van der Waals surface area contributed by atoms with E-state index in [4.69, 9.17) is 73.8 Å². The average molecular weight is 485 g/mol. The Hall–Kier alpha value is -0.110. The SMILES string of the molecule is O=S(=O)(OCC(Cl)(Cl)Cl)Oc1c(Cl)cc(-c2ccc(Cl)cc2)cc1Cl. The molecule has 136 valence electrons. The number of hydrogen-bond acceptors (Lipinski definition) is 4. The van der Waals surface area contributed by atoms with Gasteiger partial charge in [0.25, 0.3) is 0 Å². The summed E-state index contributed by atoms with van der Waals surface area (Å²) in [6.07, 6.45) is 0. The minimum absolute atomic E-state index is 0.0430. The van der Waals surface area contributed by atoms with Crippen molar-refractivity contribution in [3.8, 4) is 16.9 Å². The highest BCUT2D eigenvalue weighted by Gasteiger charge is 2.27. The fraction of sp³-hybridized carbons (Fsp3) is 0.143. The lowest BCUT2D eigenvalue weighted by molar-refractivity contribution is 0.279. The molecule has 25 heavy (non-hydrogen) atoms. The van der Waals surface area contributed by atoms with Crippen molar-refractivity contribution in [2.24, 2.45) is 0 Å². The Kier molecular flexibility index (Phi) is 7.02. The second-order valence-corrected chi connectivity index (χ2v) is 9.63. The standard InChI is InChI=1S/C14H8Cl6O4S/c15-10-3-1-8(2-4-10)9-5-11(16)13(12(17)6-9)24-25(21,22)23-7-14(18,19)20/h1-6H,7H2. The minimum Gasteiger partial charge on any atom is -0.358 e. The molecule has 0 amide bonds. The van der Waals surface area contributed by atoms with Crippen molar-refractivity contribution in [3.05, 3.63) is 51.5 Å². The Morgan fingerprint density at radius 2 is 1.40 bits per heavy atom. The molecule has 0 heterocycles. The van der Waals surface area contributed by atoms with Gasteiger partial charge in [-0.2, -0.15) is 8.42 Å². The number of halogens is 6. The molecule has 0 aliphatic rings. The summed E-state index contributed by atoms with van der Waals surface area (Å²) in [6.45, 7) is -0.738. The molecule has 2 aromatic rings. The molecule has 0 saturated heterocycles. The molecule has 0 N–H and O–H groups in total. The molecule has 0 unspecified atom stereocenters. The molecule has 0 fully saturated rings. The molecule has 0 aliphatic carbocycles. The van der Waals surface area contributed by atoms with Crippen molar-refractivity contribution in [2.75, 3.05) is 6.61 Å². The van der Waals surface area contributed by atoms with Gasteiger partial charge in [-0.3, -0.25) is 0 Å². The van der Waals surface area contributed by atoms with E-state index in [0.29, 0.717) is 10.6 Å².